The maximum atomic E-state index is 12.8. The largest absolute Gasteiger partial charge is 0.545 e. The summed E-state index contributed by atoms with van der Waals surface area (Å²) in [7, 11) is 5.89. The van der Waals surface area contributed by atoms with Crippen molar-refractivity contribution in [3.63, 3.8) is 0 Å². The maximum Gasteiger partial charge on any atom is 0.306 e. The number of carboxylic acid groups (broad SMARTS) is 1. The first kappa shape index (κ1) is 64.0. The molecule has 0 heterocycles. The van der Waals surface area contributed by atoms with Crippen molar-refractivity contribution >= 4 is 17.9 Å². The zero-order chi connectivity index (χ0) is 49.9. The molecule has 0 aliphatic heterocycles. The maximum absolute atomic E-state index is 12.8. The first-order chi connectivity index (χ1) is 33.1. The summed E-state index contributed by atoms with van der Waals surface area (Å²) in [6.45, 7) is 4.56. The molecule has 0 fully saturated rings. The molecule has 9 nitrogen and oxygen atoms in total. The molecule has 9 heteroatoms. The van der Waals surface area contributed by atoms with E-state index in [0.29, 0.717) is 17.4 Å². The lowest BCUT2D eigenvalue weighted by Crippen LogP contribution is -2.44. The van der Waals surface area contributed by atoms with Gasteiger partial charge in [-0.2, -0.15) is 0 Å². The fraction of sp³-hybridized carbons (Fsp3) is 0.644. The molecule has 0 aromatic rings. The van der Waals surface area contributed by atoms with Crippen LogP contribution in [0.3, 0.4) is 0 Å². The number of aliphatic carboxylic acids is 1. The number of nitrogens with zero attached hydrogens (tertiary/aromatic N) is 1. The summed E-state index contributed by atoms with van der Waals surface area (Å²) >= 11 is 0. The number of hydrogen-bond donors (Lipinski definition) is 0. The molecule has 0 spiro atoms. The van der Waals surface area contributed by atoms with E-state index in [0.717, 1.165) is 116 Å². The first-order valence-electron chi connectivity index (χ1n) is 26.5. The van der Waals surface area contributed by atoms with Gasteiger partial charge in [0.1, 0.15) is 13.2 Å². The van der Waals surface area contributed by atoms with Gasteiger partial charge in [-0.1, -0.05) is 181 Å². The minimum absolute atomic E-state index is 0.135. The summed E-state index contributed by atoms with van der Waals surface area (Å²) < 4.78 is 22.6. The summed E-state index contributed by atoms with van der Waals surface area (Å²) in [6.07, 6.45) is 64.1. The van der Waals surface area contributed by atoms with Gasteiger partial charge in [-0.15, -0.1) is 0 Å². The Bertz CT molecular complexity index is 1480. The Balaban J connectivity index is 4.39. The highest BCUT2D eigenvalue weighted by atomic mass is 16.7. The molecule has 2 unspecified atom stereocenters. The number of carbonyl (C=O) groups is 3. The van der Waals surface area contributed by atoms with E-state index in [1.807, 2.05) is 21.1 Å². The molecule has 0 aromatic carbocycles. The second-order valence-electron chi connectivity index (χ2n) is 18.4. The van der Waals surface area contributed by atoms with Crippen LogP contribution in [-0.4, -0.2) is 82.3 Å². The molecule has 0 amide bonds. The van der Waals surface area contributed by atoms with Crippen LogP contribution in [0.2, 0.25) is 0 Å². The lowest BCUT2D eigenvalue weighted by Gasteiger charge is -2.26. The zero-order valence-corrected chi connectivity index (χ0v) is 43.7. The molecule has 0 aliphatic carbocycles. The van der Waals surface area contributed by atoms with E-state index in [2.05, 4.69) is 123 Å². The summed E-state index contributed by atoms with van der Waals surface area (Å²) in [6, 6.07) is 0. The van der Waals surface area contributed by atoms with Gasteiger partial charge in [-0.3, -0.25) is 9.59 Å². The van der Waals surface area contributed by atoms with Crippen molar-refractivity contribution in [3.05, 3.63) is 109 Å². The minimum atomic E-state index is -1.64. The van der Waals surface area contributed by atoms with Gasteiger partial charge >= 0.3 is 11.9 Å². The predicted molar refractivity (Wildman–Crippen MR) is 283 cm³/mol. The van der Waals surface area contributed by atoms with Crippen molar-refractivity contribution < 1.29 is 42.9 Å². The second kappa shape index (κ2) is 49.4. The molecule has 68 heavy (non-hydrogen) atoms. The lowest BCUT2D eigenvalue weighted by atomic mass is 10.1. The van der Waals surface area contributed by atoms with Gasteiger partial charge in [0.05, 0.1) is 40.3 Å². The van der Waals surface area contributed by atoms with Crippen LogP contribution >= 0.6 is 0 Å². The monoisotopic (exact) mass is 948 g/mol. The van der Waals surface area contributed by atoms with Gasteiger partial charge in [-0.05, 0) is 103 Å². The van der Waals surface area contributed by atoms with Gasteiger partial charge in [0.25, 0.3) is 0 Å². The Kier molecular flexibility index (Phi) is 46.4. The highest BCUT2D eigenvalue weighted by molar-refractivity contribution is 5.70. The molecule has 0 rings (SSSR count). The highest BCUT2D eigenvalue weighted by Crippen LogP contribution is 2.12. The second-order valence-corrected chi connectivity index (χ2v) is 18.4. The number of allylic oxidation sites excluding steroid dienone is 18. The van der Waals surface area contributed by atoms with Crippen LogP contribution in [0.25, 0.3) is 0 Å². The van der Waals surface area contributed by atoms with Gasteiger partial charge in [0.2, 0.25) is 0 Å². The van der Waals surface area contributed by atoms with E-state index in [4.69, 9.17) is 18.9 Å². The Morgan fingerprint density at radius 2 is 0.838 bits per heavy atom. The van der Waals surface area contributed by atoms with Crippen LogP contribution in [0.4, 0.5) is 0 Å². The number of carbonyl (C=O) groups excluding carboxylic acids is 3. The third-order valence-electron chi connectivity index (χ3n) is 10.8. The van der Waals surface area contributed by atoms with E-state index >= 15 is 0 Å². The molecule has 0 bridgehead atoms. The van der Waals surface area contributed by atoms with Gasteiger partial charge in [0, 0.05) is 12.8 Å². The van der Waals surface area contributed by atoms with Crippen molar-refractivity contribution in [2.24, 2.45) is 0 Å². The van der Waals surface area contributed by atoms with Gasteiger partial charge in [0.15, 0.2) is 12.4 Å². The molecule has 386 valence electrons. The van der Waals surface area contributed by atoms with E-state index < -0.39 is 24.3 Å². The van der Waals surface area contributed by atoms with Crippen LogP contribution in [0.5, 0.6) is 0 Å². The fourth-order valence-electron chi connectivity index (χ4n) is 6.66. The van der Waals surface area contributed by atoms with E-state index in [-0.39, 0.29) is 38.6 Å². The summed E-state index contributed by atoms with van der Waals surface area (Å²) in [4.78, 5) is 37.1. The molecular weight excluding hydrogens is 851 g/mol. The number of carboxylic acids is 1. The Hall–Kier alpha value is -4.05. The highest BCUT2D eigenvalue weighted by Gasteiger charge is 2.21. The third-order valence-corrected chi connectivity index (χ3v) is 10.8. The predicted octanol–water partition coefficient (Wildman–Crippen LogP) is 13.8. The molecule has 0 radical (unpaired) electrons. The number of likely N-dealkylation sites (N-methyl/N-ethyl adjacent to an activating group) is 1. The summed E-state index contributed by atoms with van der Waals surface area (Å²) in [5.74, 6) is -2.34. The van der Waals surface area contributed by atoms with Crippen LogP contribution < -0.4 is 5.11 Å². The topological polar surface area (TPSA) is 111 Å². The summed E-state index contributed by atoms with van der Waals surface area (Å²) in [5, 5.41) is 11.7. The summed E-state index contributed by atoms with van der Waals surface area (Å²) in [5.41, 5.74) is 0. The number of unbranched alkanes of at least 4 members (excludes halogenated alkanes) is 14. The van der Waals surface area contributed by atoms with Gasteiger partial charge in [-0.25, -0.2) is 0 Å². The van der Waals surface area contributed by atoms with Crippen LogP contribution in [0, 0.1) is 0 Å². The number of ether oxygens (including phenoxy) is 4. The Labute approximate surface area is 415 Å². The molecular formula is C59H97NO8. The Morgan fingerprint density at radius 1 is 0.456 bits per heavy atom. The minimum Gasteiger partial charge on any atom is -0.545 e. The molecule has 0 N–H and O–H groups in total. The Morgan fingerprint density at radius 3 is 1.26 bits per heavy atom. The molecule has 0 saturated heterocycles. The smallest absolute Gasteiger partial charge is 0.306 e. The molecule has 0 saturated carbocycles. The SMILES string of the molecule is CC/C=C\C/C=C\C/C=C\C/C=C\C/C=C\C/C=C\C/C=C\C/C=C\CCCCCCC(=O)OC(COC(=O)CCCCCCC/C=C\CCCCCCC)COC(OCC[N+](C)(C)C)C(=O)[O-]. The van der Waals surface area contributed by atoms with Crippen molar-refractivity contribution in [1.82, 2.24) is 0 Å². The van der Waals surface area contributed by atoms with Crippen LogP contribution in [-0.2, 0) is 33.3 Å². The average Bonchev–Trinajstić information content (AvgIpc) is 3.30. The number of hydrogen-bond acceptors (Lipinski definition) is 8. The fourth-order valence-corrected chi connectivity index (χ4v) is 6.66. The lowest BCUT2D eigenvalue weighted by molar-refractivity contribution is -0.870. The molecule has 0 aliphatic rings. The average molecular weight is 948 g/mol. The van der Waals surface area contributed by atoms with E-state index in [1.165, 1.54) is 38.5 Å². The third kappa shape index (κ3) is 49.8. The van der Waals surface area contributed by atoms with Crippen molar-refractivity contribution in [2.45, 2.75) is 200 Å². The van der Waals surface area contributed by atoms with Crippen molar-refractivity contribution in [1.29, 1.82) is 0 Å². The number of esters is 2. The van der Waals surface area contributed by atoms with Crippen molar-refractivity contribution in [2.75, 3.05) is 47.5 Å². The molecule has 0 aromatic heterocycles. The standard InChI is InChI=1S/C59H97NO8/c1-6-8-10-12-14-16-18-20-22-23-24-25-26-27-28-29-30-31-32-33-34-35-36-38-40-42-44-46-48-50-57(62)68-55(54-67-59(58(63)64)65-52-51-60(3,4)5)53-66-56(61)49-47-45-43-41-39-37-21-19-17-15-13-11-9-7-2/h8,10,14,16,19-22,24-25,27-28,30-31,33-34,36,38,55,59H,6-7,9,11-13,15,17-18,23,26,29,32,35,37,39-54H2,1-5H3/b10-8-,16-14-,21-19-,22-20-,25-24-,28-27-,31-30-,34-33-,38-36-. The van der Waals surface area contributed by atoms with E-state index in [9.17, 15) is 19.5 Å². The van der Waals surface area contributed by atoms with Crippen LogP contribution in [0.15, 0.2) is 109 Å². The quantitative estimate of drug-likeness (QED) is 0.0195. The van der Waals surface area contributed by atoms with Gasteiger partial charge < -0.3 is 33.3 Å². The zero-order valence-electron chi connectivity index (χ0n) is 43.7. The molecule has 2 atom stereocenters. The normalized spacial score (nSPS) is 13.7. The van der Waals surface area contributed by atoms with Crippen molar-refractivity contribution in [3.8, 4) is 0 Å². The first-order valence-corrected chi connectivity index (χ1v) is 26.5. The van der Waals surface area contributed by atoms with E-state index in [1.54, 1.807) is 0 Å². The number of rotatable bonds is 47. The van der Waals surface area contributed by atoms with Crippen LogP contribution in [0.1, 0.15) is 187 Å². The number of quaternary nitrogens is 1.